The maximum absolute atomic E-state index is 11.8. The van der Waals surface area contributed by atoms with Gasteiger partial charge in [-0.3, -0.25) is 4.79 Å². The molecule has 0 saturated carbocycles. The first-order valence-corrected chi connectivity index (χ1v) is 8.01. The summed E-state index contributed by atoms with van der Waals surface area (Å²) in [4.78, 5) is 11.8. The highest BCUT2D eigenvalue weighted by atomic mass is 16.5. The summed E-state index contributed by atoms with van der Waals surface area (Å²) in [5, 5.41) is 6.07. The first-order chi connectivity index (χ1) is 11.7. The van der Waals surface area contributed by atoms with Gasteiger partial charge in [-0.05, 0) is 43.3 Å². The van der Waals surface area contributed by atoms with E-state index in [1.807, 2.05) is 55.5 Å². The summed E-state index contributed by atoms with van der Waals surface area (Å²) in [7, 11) is 1.63. The van der Waals surface area contributed by atoms with Crippen molar-refractivity contribution in [3.8, 4) is 11.5 Å². The third-order valence-electron chi connectivity index (χ3n) is 3.47. The van der Waals surface area contributed by atoms with Gasteiger partial charge < -0.3 is 20.1 Å². The number of nitrogens with one attached hydrogen (secondary N) is 2. The molecule has 0 fully saturated rings. The van der Waals surface area contributed by atoms with Crippen molar-refractivity contribution in [3.63, 3.8) is 0 Å². The summed E-state index contributed by atoms with van der Waals surface area (Å²) in [6.45, 7) is 3.86. The van der Waals surface area contributed by atoms with Crippen molar-refractivity contribution in [2.75, 3.05) is 32.1 Å². The maximum atomic E-state index is 11.8. The molecule has 5 heteroatoms. The molecule has 0 atom stereocenters. The lowest BCUT2D eigenvalue weighted by Gasteiger charge is -2.09. The first kappa shape index (κ1) is 17.8. The average molecular weight is 328 g/mol. The topological polar surface area (TPSA) is 59.6 Å². The normalized spacial score (nSPS) is 10.2. The van der Waals surface area contributed by atoms with Crippen LogP contribution in [0.1, 0.15) is 12.0 Å². The standard InChI is InChI=1S/C19H24N2O3/c1-15-3-5-16(6-4-15)21-19(22)11-12-20-13-14-24-18-9-7-17(23-2)8-10-18/h3-10,20H,11-14H2,1-2H3,(H,21,22). The van der Waals surface area contributed by atoms with Gasteiger partial charge in [0.1, 0.15) is 18.1 Å². The Hall–Kier alpha value is -2.53. The van der Waals surface area contributed by atoms with Crippen LogP contribution in [0.2, 0.25) is 0 Å². The Bertz CT molecular complexity index is 624. The number of amides is 1. The van der Waals surface area contributed by atoms with E-state index in [9.17, 15) is 4.79 Å². The summed E-state index contributed by atoms with van der Waals surface area (Å²) in [5.41, 5.74) is 2.00. The second kappa shape index (κ2) is 9.57. The number of anilines is 1. The highest BCUT2D eigenvalue weighted by molar-refractivity contribution is 5.90. The SMILES string of the molecule is COc1ccc(OCCNCCC(=O)Nc2ccc(C)cc2)cc1. The third kappa shape index (κ3) is 6.30. The fraction of sp³-hybridized carbons (Fsp3) is 0.316. The van der Waals surface area contributed by atoms with Crippen LogP contribution in [0.15, 0.2) is 48.5 Å². The number of hydrogen-bond donors (Lipinski definition) is 2. The van der Waals surface area contributed by atoms with Crippen molar-refractivity contribution in [3.05, 3.63) is 54.1 Å². The van der Waals surface area contributed by atoms with Crippen molar-refractivity contribution in [1.82, 2.24) is 5.32 Å². The molecule has 0 aliphatic heterocycles. The van der Waals surface area contributed by atoms with Crippen molar-refractivity contribution in [2.45, 2.75) is 13.3 Å². The number of benzene rings is 2. The molecule has 2 rings (SSSR count). The van der Waals surface area contributed by atoms with Crippen LogP contribution in [-0.4, -0.2) is 32.7 Å². The van der Waals surface area contributed by atoms with E-state index in [2.05, 4.69) is 10.6 Å². The van der Waals surface area contributed by atoms with Crippen LogP contribution in [0.4, 0.5) is 5.69 Å². The number of hydrogen-bond acceptors (Lipinski definition) is 4. The van der Waals surface area contributed by atoms with Gasteiger partial charge in [-0.25, -0.2) is 0 Å². The largest absolute Gasteiger partial charge is 0.497 e. The van der Waals surface area contributed by atoms with E-state index in [4.69, 9.17) is 9.47 Å². The molecule has 2 aromatic rings. The number of methoxy groups -OCH3 is 1. The predicted molar refractivity (Wildman–Crippen MR) is 95.8 cm³/mol. The number of aryl methyl sites for hydroxylation is 1. The molecule has 2 aromatic carbocycles. The molecule has 0 aliphatic carbocycles. The molecule has 2 N–H and O–H groups in total. The zero-order valence-electron chi connectivity index (χ0n) is 14.2. The van der Waals surface area contributed by atoms with E-state index < -0.39 is 0 Å². The molecule has 1 amide bonds. The molecule has 0 saturated heterocycles. The molecule has 5 nitrogen and oxygen atoms in total. The Morgan fingerprint density at radius 2 is 1.62 bits per heavy atom. The molecule has 24 heavy (non-hydrogen) atoms. The summed E-state index contributed by atoms with van der Waals surface area (Å²) in [6, 6.07) is 15.2. The van der Waals surface area contributed by atoms with Crippen molar-refractivity contribution in [2.24, 2.45) is 0 Å². The molecule has 0 spiro atoms. The van der Waals surface area contributed by atoms with Gasteiger partial charge in [0.25, 0.3) is 0 Å². The lowest BCUT2D eigenvalue weighted by molar-refractivity contribution is -0.116. The highest BCUT2D eigenvalue weighted by Gasteiger charge is 2.02. The van der Waals surface area contributed by atoms with Gasteiger partial charge in [-0.2, -0.15) is 0 Å². The van der Waals surface area contributed by atoms with Crippen LogP contribution < -0.4 is 20.1 Å². The molecular formula is C19H24N2O3. The summed E-state index contributed by atoms with van der Waals surface area (Å²) in [6.07, 6.45) is 0.427. The third-order valence-corrected chi connectivity index (χ3v) is 3.47. The average Bonchev–Trinajstić information content (AvgIpc) is 2.60. The van der Waals surface area contributed by atoms with Gasteiger partial charge in [0.15, 0.2) is 0 Å². The van der Waals surface area contributed by atoms with Gasteiger partial charge >= 0.3 is 0 Å². The first-order valence-electron chi connectivity index (χ1n) is 8.01. The van der Waals surface area contributed by atoms with Crippen LogP contribution in [0.3, 0.4) is 0 Å². The van der Waals surface area contributed by atoms with E-state index in [0.29, 0.717) is 26.1 Å². The number of rotatable bonds is 9. The Kier molecular flexibility index (Phi) is 7.11. The van der Waals surface area contributed by atoms with Gasteiger partial charge in [-0.1, -0.05) is 17.7 Å². The van der Waals surface area contributed by atoms with Crippen LogP contribution in [0, 0.1) is 6.92 Å². The molecule has 0 aromatic heterocycles. The minimum Gasteiger partial charge on any atom is -0.497 e. The Balaban J connectivity index is 1.55. The van der Waals surface area contributed by atoms with Crippen molar-refractivity contribution in [1.29, 1.82) is 0 Å². The molecular weight excluding hydrogens is 304 g/mol. The molecule has 0 unspecified atom stereocenters. The Labute approximate surface area is 143 Å². The van der Waals surface area contributed by atoms with Gasteiger partial charge in [0.05, 0.1) is 7.11 Å². The Morgan fingerprint density at radius 3 is 2.29 bits per heavy atom. The van der Waals surface area contributed by atoms with E-state index in [1.54, 1.807) is 7.11 Å². The zero-order valence-corrected chi connectivity index (χ0v) is 14.2. The smallest absolute Gasteiger partial charge is 0.225 e. The van der Waals surface area contributed by atoms with Gasteiger partial charge in [0.2, 0.25) is 5.91 Å². The van der Waals surface area contributed by atoms with Crippen molar-refractivity contribution >= 4 is 11.6 Å². The second-order valence-corrected chi connectivity index (χ2v) is 5.44. The van der Waals surface area contributed by atoms with E-state index >= 15 is 0 Å². The van der Waals surface area contributed by atoms with Crippen molar-refractivity contribution < 1.29 is 14.3 Å². The quantitative estimate of drug-likeness (QED) is 0.695. The lowest BCUT2D eigenvalue weighted by atomic mass is 10.2. The predicted octanol–water partition coefficient (Wildman–Crippen LogP) is 3.00. The molecule has 0 bridgehead atoms. The maximum Gasteiger partial charge on any atom is 0.225 e. The number of carbonyl (C=O) groups is 1. The van der Waals surface area contributed by atoms with E-state index in [0.717, 1.165) is 17.2 Å². The minimum absolute atomic E-state index is 0.00225. The Morgan fingerprint density at radius 1 is 0.958 bits per heavy atom. The van der Waals surface area contributed by atoms with E-state index in [1.165, 1.54) is 5.56 Å². The van der Waals surface area contributed by atoms with Crippen LogP contribution in [-0.2, 0) is 4.79 Å². The molecule has 128 valence electrons. The monoisotopic (exact) mass is 328 g/mol. The summed E-state index contributed by atoms with van der Waals surface area (Å²) < 4.78 is 10.7. The van der Waals surface area contributed by atoms with Crippen LogP contribution in [0.25, 0.3) is 0 Å². The second-order valence-electron chi connectivity index (χ2n) is 5.44. The summed E-state index contributed by atoms with van der Waals surface area (Å²) >= 11 is 0. The van der Waals surface area contributed by atoms with Gasteiger partial charge in [0, 0.05) is 25.2 Å². The fourth-order valence-electron chi connectivity index (χ4n) is 2.10. The molecule has 0 aliphatic rings. The van der Waals surface area contributed by atoms with Crippen LogP contribution in [0.5, 0.6) is 11.5 Å². The number of ether oxygens (including phenoxy) is 2. The fourth-order valence-corrected chi connectivity index (χ4v) is 2.10. The number of carbonyl (C=O) groups excluding carboxylic acids is 1. The van der Waals surface area contributed by atoms with Gasteiger partial charge in [-0.15, -0.1) is 0 Å². The lowest BCUT2D eigenvalue weighted by Crippen LogP contribution is -2.25. The molecule has 0 radical (unpaired) electrons. The summed E-state index contributed by atoms with van der Waals surface area (Å²) in [5.74, 6) is 1.61. The molecule has 0 heterocycles. The zero-order chi connectivity index (χ0) is 17.2. The minimum atomic E-state index is 0.00225. The van der Waals surface area contributed by atoms with E-state index in [-0.39, 0.29) is 5.91 Å². The highest BCUT2D eigenvalue weighted by Crippen LogP contribution is 2.16. The van der Waals surface area contributed by atoms with Crippen LogP contribution >= 0.6 is 0 Å².